The van der Waals surface area contributed by atoms with Gasteiger partial charge in [-0.25, -0.2) is 0 Å². The quantitative estimate of drug-likeness (QED) is 0.0485. The number of carbonyl (C=O) groups is 6. The molecule has 1 aliphatic heterocycles. The molecule has 16 heteroatoms. The van der Waals surface area contributed by atoms with E-state index >= 15 is 0 Å². The first kappa shape index (κ1) is 39.3. The van der Waals surface area contributed by atoms with Gasteiger partial charge in [-0.05, 0) is 49.7 Å². The molecule has 1 fully saturated rings. The number of rotatable bonds is 18. The van der Waals surface area contributed by atoms with Gasteiger partial charge in [-0.1, -0.05) is 60.7 Å². The van der Waals surface area contributed by atoms with Crippen LogP contribution >= 0.6 is 11.6 Å². The maximum absolute atomic E-state index is 14.2. The van der Waals surface area contributed by atoms with Crippen molar-refractivity contribution in [1.29, 1.82) is 0 Å². The Bertz CT molecular complexity index is 1470. The second-order valence-electron chi connectivity index (χ2n) is 11.9. The van der Waals surface area contributed by atoms with Crippen molar-refractivity contribution < 1.29 is 33.9 Å². The van der Waals surface area contributed by atoms with Crippen molar-refractivity contribution in [2.24, 2.45) is 22.2 Å². The van der Waals surface area contributed by atoms with Gasteiger partial charge >= 0.3 is 5.97 Å². The number of amides is 5. The Kier molecular flexibility index (Phi) is 15.5. The van der Waals surface area contributed by atoms with Crippen LogP contribution in [0.3, 0.4) is 0 Å². The average molecular weight is 713 g/mol. The molecule has 1 heterocycles. The zero-order valence-electron chi connectivity index (χ0n) is 27.6. The normalized spacial score (nSPS) is 16.0. The summed E-state index contributed by atoms with van der Waals surface area (Å²) in [7, 11) is 0. The molecule has 2 aromatic rings. The number of hydrogen-bond donors (Lipinski definition) is 7. The number of guanidine groups is 1. The zero-order chi connectivity index (χ0) is 36.6. The molecule has 0 saturated carbocycles. The van der Waals surface area contributed by atoms with E-state index in [1.54, 1.807) is 24.3 Å². The number of aliphatic imine (C=N–C) groups is 1. The van der Waals surface area contributed by atoms with Crippen molar-refractivity contribution in [2.45, 2.75) is 75.0 Å². The molecule has 10 N–H and O–H groups in total. The lowest BCUT2D eigenvalue weighted by Gasteiger charge is -2.38. The molecule has 2 aromatic carbocycles. The molecule has 0 aromatic heterocycles. The number of alkyl halides is 1. The fraction of sp³-hybridized carbons (Fsp3) is 0.441. The molecule has 1 aliphatic rings. The van der Waals surface area contributed by atoms with E-state index in [1.165, 1.54) is 4.90 Å². The number of carbonyl (C=O) groups excluding carboxylic acids is 5. The first-order valence-electron chi connectivity index (χ1n) is 16.4. The van der Waals surface area contributed by atoms with Crippen LogP contribution in [0.25, 0.3) is 0 Å². The number of benzene rings is 2. The zero-order valence-corrected chi connectivity index (χ0v) is 28.4. The molecular weight excluding hydrogens is 668 g/mol. The maximum atomic E-state index is 14.2. The van der Waals surface area contributed by atoms with E-state index in [0.29, 0.717) is 30.4 Å². The molecule has 15 nitrogen and oxygen atoms in total. The second kappa shape index (κ2) is 19.7. The highest BCUT2D eigenvalue weighted by Gasteiger charge is 2.40. The number of piperidine rings is 1. The third-order valence-electron chi connectivity index (χ3n) is 8.33. The summed E-state index contributed by atoms with van der Waals surface area (Å²) in [6.07, 6.45) is 1.22. The number of likely N-dealkylation sites (tertiary alicyclic amines) is 1. The van der Waals surface area contributed by atoms with E-state index in [2.05, 4.69) is 20.9 Å². The molecular formula is C34H45ClN8O7. The molecule has 0 aliphatic carbocycles. The van der Waals surface area contributed by atoms with Crippen molar-refractivity contribution >= 4 is 53.1 Å². The number of aliphatic carboxylic acids is 1. The predicted molar refractivity (Wildman–Crippen MR) is 187 cm³/mol. The fourth-order valence-electron chi connectivity index (χ4n) is 5.92. The van der Waals surface area contributed by atoms with Gasteiger partial charge in [0, 0.05) is 25.4 Å². The molecule has 1 unspecified atom stereocenters. The number of carboxylic acids is 1. The molecule has 0 radical (unpaired) electrons. The lowest BCUT2D eigenvalue weighted by molar-refractivity contribution is -0.146. The van der Waals surface area contributed by atoms with Crippen molar-refractivity contribution in [3.05, 3.63) is 71.8 Å². The standard InChI is InChI=1S/C34H45ClN8O7/c35-20-26(44)40-24(16-17-27(45)46)33(50)43-19-8-7-15-25(43)31(48)42-29(32(49)41-23(30(36)47)14-9-18-39-34(37)38)28(21-10-3-1-4-11-21)22-12-5-2-6-13-22/h1-6,10-13,23-25,28-29H,7-9,14-20H2,(H2,36,47)(H,40,44)(H,41,49)(H,42,48)(H,45,46)(H4,37,38,39)/t23-,24-,25-,29?/m0/s1. The number of hydrogen-bond acceptors (Lipinski definition) is 7. The van der Waals surface area contributed by atoms with E-state index < -0.39 is 77.9 Å². The first-order chi connectivity index (χ1) is 23.9. The number of nitrogens with one attached hydrogen (secondary N) is 3. The monoisotopic (exact) mass is 712 g/mol. The van der Waals surface area contributed by atoms with E-state index in [1.807, 2.05) is 36.4 Å². The van der Waals surface area contributed by atoms with Gasteiger partial charge in [0.05, 0.1) is 0 Å². The molecule has 0 bridgehead atoms. The molecule has 3 rings (SSSR count). The Morgan fingerprint density at radius 2 is 1.48 bits per heavy atom. The summed E-state index contributed by atoms with van der Waals surface area (Å²) < 4.78 is 0. The second-order valence-corrected chi connectivity index (χ2v) is 12.2. The Morgan fingerprint density at radius 3 is 2.02 bits per heavy atom. The van der Waals surface area contributed by atoms with Crippen LogP contribution < -0.4 is 33.2 Å². The van der Waals surface area contributed by atoms with Gasteiger partial charge in [0.15, 0.2) is 5.96 Å². The Morgan fingerprint density at radius 1 is 0.860 bits per heavy atom. The fourth-order valence-corrected chi connectivity index (χ4v) is 6.00. The predicted octanol–water partition coefficient (Wildman–Crippen LogP) is 0.297. The summed E-state index contributed by atoms with van der Waals surface area (Å²) in [5.41, 5.74) is 17.8. The third-order valence-corrected chi connectivity index (χ3v) is 8.57. The number of primary amides is 1. The highest BCUT2D eigenvalue weighted by Crippen LogP contribution is 2.29. The number of carboxylic acid groups (broad SMARTS) is 1. The Balaban J connectivity index is 2.00. The van der Waals surface area contributed by atoms with Gasteiger partial charge in [0.2, 0.25) is 29.5 Å². The van der Waals surface area contributed by atoms with E-state index in [0.717, 1.165) is 0 Å². The molecule has 5 amide bonds. The lowest BCUT2D eigenvalue weighted by Crippen LogP contribution is -2.61. The van der Waals surface area contributed by atoms with Crippen molar-refractivity contribution in [1.82, 2.24) is 20.9 Å². The van der Waals surface area contributed by atoms with Crippen LogP contribution in [0, 0.1) is 0 Å². The van der Waals surface area contributed by atoms with Crippen molar-refractivity contribution in [2.75, 3.05) is 19.0 Å². The average Bonchev–Trinajstić information content (AvgIpc) is 3.11. The Labute approximate surface area is 295 Å². The first-order valence-corrected chi connectivity index (χ1v) is 16.9. The summed E-state index contributed by atoms with van der Waals surface area (Å²) in [5, 5.41) is 17.3. The van der Waals surface area contributed by atoms with Crippen LogP contribution in [0.4, 0.5) is 0 Å². The largest absolute Gasteiger partial charge is 0.481 e. The van der Waals surface area contributed by atoms with Crippen LogP contribution in [-0.2, 0) is 28.8 Å². The summed E-state index contributed by atoms with van der Waals surface area (Å²) in [5.74, 6) is -5.89. The summed E-state index contributed by atoms with van der Waals surface area (Å²) in [6, 6.07) is 13.4. The summed E-state index contributed by atoms with van der Waals surface area (Å²) in [4.78, 5) is 83.4. The molecule has 50 heavy (non-hydrogen) atoms. The van der Waals surface area contributed by atoms with E-state index in [4.69, 9.17) is 28.8 Å². The van der Waals surface area contributed by atoms with Gasteiger partial charge in [0.25, 0.3) is 0 Å². The number of halogens is 1. The van der Waals surface area contributed by atoms with Crippen molar-refractivity contribution in [3.8, 4) is 0 Å². The van der Waals surface area contributed by atoms with Crippen LogP contribution in [0.15, 0.2) is 65.7 Å². The Hall–Kier alpha value is -5.18. The minimum atomic E-state index is -1.29. The van der Waals surface area contributed by atoms with Crippen LogP contribution in [0.2, 0.25) is 0 Å². The molecule has 4 atom stereocenters. The number of nitrogens with zero attached hydrogens (tertiary/aromatic N) is 2. The summed E-state index contributed by atoms with van der Waals surface area (Å²) in [6.45, 7) is 0.359. The van der Waals surface area contributed by atoms with Gasteiger partial charge in [-0.3, -0.25) is 33.8 Å². The van der Waals surface area contributed by atoms with Crippen LogP contribution in [0.5, 0.6) is 0 Å². The molecule has 1 saturated heterocycles. The minimum absolute atomic E-state index is 0.120. The van der Waals surface area contributed by atoms with Crippen LogP contribution in [-0.4, -0.2) is 94.6 Å². The minimum Gasteiger partial charge on any atom is -0.481 e. The van der Waals surface area contributed by atoms with Gasteiger partial charge in [0.1, 0.15) is 30.0 Å². The van der Waals surface area contributed by atoms with Crippen LogP contribution in [0.1, 0.15) is 62.0 Å². The van der Waals surface area contributed by atoms with Gasteiger partial charge in [-0.2, -0.15) is 0 Å². The smallest absolute Gasteiger partial charge is 0.303 e. The lowest BCUT2D eigenvalue weighted by atomic mass is 9.84. The maximum Gasteiger partial charge on any atom is 0.303 e. The van der Waals surface area contributed by atoms with Crippen molar-refractivity contribution in [3.63, 3.8) is 0 Å². The van der Waals surface area contributed by atoms with Gasteiger partial charge < -0.3 is 43.2 Å². The van der Waals surface area contributed by atoms with E-state index in [-0.39, 0.29) is 38.3 Å². The van der Waals surface area contributed by atoms with E-state index in [9.17, 15) is 33.9 Å². The molecule has 270 valence electrons. The highest BCUT2D eigenvalue weighted by atomic mass is 35.5. The SMILES string of the molecule is NC(=O)[C@H](CCCN=C(N)N)NC(=O)C(NC(=O)[C@@H]1CCCCN1C(=O)[C@H](CCC(=O)O)NC(=O)CCl)C(c1ccccc1)c1ccccc1. The number of nitrogens with two attached hydrogens (primary N) is 3. The summed E-state index contributed by atoms with van der Waals surface area (Å²) >= 11 is 5.65. The topological polar surface area (TPSA) is 252 Å². The third kappa shape index (κ3) is 11.8. The molecule has 0 spiro atoms. The highest BCUT2D eigenvalue weighted by molar-refractivity contribution is 6.27. The van der Waals surface area contributed by atoms with Gasteiger partial charge in [-0.15, -0.1) is 11.6 Å².